The van der Waals surface area contributed by atoms with E-state index in [0.29, 0.717) is 12.4 Å². The number of amides is 1. The third-order valence-corrected chi connectivity index (χ3v) is 2.80. The molecule has 0 radical (unpaired) electrons. The Morgan fingerprint density at radius 3 is 2.80 bits per heavy atom. The van der Waals surface area contributed by atoms with Gasteiger partial charge in [-0.05, 0) is 25.5 Å². The maximum atomic E-state index is 11.7. The Kier molecular flexibility index (Phi) is 4.76. The minimum absolute atomic E-state index is 0.124. The van der Waals surface area contributed by atoms with E-state index in [0.717, 1.165) is 12.1 Å². The average Bonchev–Trinajstić information content (AvgIpc) is 2.94. The molecule has 1 heterocycles. The molecule has 0 aliphatic rings. The number of rotatable bonds is 6. The summed E-state index contributed by atoms with van der Waals surface area (Å²) in [6, 6.07) is 11.5. The van der Waals surface area contributed by atoms with E-state index in [-0.39, 0.29) is 5.91 Å². The van der Waals surface area contributed by atoms with Crippen molar-refractivity contribution in [2.45, 2.75) is 26.4 Å². The van der Waals surface area contributed by atoms with E-state index in [9.17, 15) is 4.79 Å². The van der Waals surface area contributed by atoms with Crippen LogP contribution in [-0.4, -0.2) is 28.3 Å². The Labute approximate surface area is 118 Å². The van der Waals surface area contributed by atoms with Crippen LogP contribution in [0.4, 0.5) is 0 Å². The van der Waals surface area contributed by atoms with Crippen molar-refractivity contribution in [3.63, 3.8) is 0 Å². The quantitative estimate of drug-likeness (QED) is 0.877. The topological polar surface area (TPSA) is 56.1 Å². The van der Waals surface area contributed by atoms with E-state index in [1.807, 2.05) is 37.3 Å². The molecule has 1 aromatic heterocycles. The fourth-order valence-corrected chi connectivity index (χ4v) is 1.72. The number of carbonyl (C=O) groups excluding carboxylic acids is 1. The maximum absolute atomic E-state index is 11.7. The van der Waals surface area contributed by atoms with Gasteiger partial charge < -0.3 is 10.1 Å². The first-order valence-corrected chi connectivity index (χ1v) is 6.76. The molecule has 2 aromatic rings. The van der Waals surface area contributed by atoms with Crippen LogP contribution >= 0.6 is 0 Å². The summed E-state index contributed by atoms with van der Waals surface area (Å²) in [5.41, 5.74) is 0.949. The normalized spacial score (nSPS) is 11.9. The van der Waals surface area contributed by atoms with E-state index >= 15 is 0 Å². The number of aromatic nitrogens is 2. The van der Waals surface area contributed by atoms with Crippen molar-refractivity contribution in [3.8, 4) is 11.6 Å². The molecule has 5 nitrogen and oxygen atoms in total. The highest BCUT2D eigenvalue weighted by Gasteiger charge is 2.15. The summed E-state index contributed by atoms with van der Waals surface area (Å²) >= 11 is 0. The van der Waals surface area contributed by atoms with Crippen LogP contribution < -0.4 is 10.1 Å². The zero-order valence-electron chi connectivity index (χ0n) is 11.7. The summed E-state index contributed by atoms with van der Waals surface area (Å²) in [5.74, 6) is 0.314. The molecule has 0 fully saturated rings. The summed E-state index contributed by atoms with van der Waals surface area (Å²) in [4.78, 5) is 11.7. The number of hydrogen-bond acceptors (Lipinski definition) is 3. The highest BCUT2D eigenvalue weighted by molar-refractivity contribution is 5.80. The van der Waals surface area contributed by atoms with Crippen LogP contribution in [0.2, 0.25) is 0 Å². The minimum atomic E-state index is -0.555. The first-order valence-electron chi connectivity index (χ1n) is 6.76. The molecule has 0 spiro atoms. The van der Waals surface area contributed by atoms with Crippen LogP contribution in [0, 0.1) is 0 Å². The summed E-state index contributed by atoms with van der Waals surface area (Å²) in [6.45, 7) is 4.38. The van der Waals surface area contributed by atoms with Gasteiger partial charge in [0.25, 0.3) is 5.91 Å². The van der Waals surface area contributed by atoms with Gasteiger partial charge in [0.05, 0.1) is 5.69 Å². The molecule has 0 aliphatic heterocycles. The lowest BCUT2D eigenvalue weighted by atomic mass is 10.3. The van der Waals surface area contributed by atoms with Crippen molar-refractivity contribution in [2.24, 2.45) is 0 Å². The molecule has 1 amide bonds. The molecule has 1 N–H and O–H groups in total. The monoisotopic (exact) mass is 273 g/mol. The van der Waals surface area contributed by atoms with E-state index in [2.05, 4.69) is 10.4 Å². The van der Waals surface area contributed by atoms with Gasteiger partial charge in [-0.15, -0.1) is 5.10 Å². The van der Waals surface area contributed by atoms with Gasteiger partial charge in [0.15, 0.2) is 6.10 Å². The van der Waals surface area contributed by atoms with Gasteiger partial charge in [-0.25, -0.2) is 4.68 Å². The van der Waals surface area contributed by atoms with Crippen molar-refractivity contribution in [3.05, 3.63) is 42.6 Å². The number of ether oxygens (including phenoxy) is 1. The van der Waals surface area contributed by atoms with Crippen LogP contribution in [0.1, 0.15) is 20.3 Å². The number of hydrogen-bond donors (Lipinski definition) is 1. The predicted molar refractivity (Wildman–Crippen MR) is 77.0 cm³/mol. The molecular weight excluding hydrogens is 254 g/mol. The van der Waals surface area contributed by atoms with Crippen LogP contribution in [0.5, 0.6) is 5.88 Å². The van der Waals surface area contributed by atoms with E-state index in [1.165, 1.54) is 0 Å². The van der Waals surface area contributed by atoms with Crippen LogP contribution in [0.15, 0.2) is 42.6 Å². The Morgan fingerprint density at radius 1 is 1.35 bits per heavy atom. The van der Waals surface area contributed by atoms with Gasteiger partial charge in [0.2, 0.25) is 5.88 Å². The fourth-order valence-electron chi connectivity index (χ4n) is 1.72. The zero-order valence-corrected chi connectivity index (χ0v) is 11.7. The van der Waals surface area contributed by atoms with Gasteiger partial charge in [0.1, 0.15) is 0 Å². The lowest BCUT2D eigenvalue weighted by Crippen LogP contribution is -2.36. The lowest BCUT2D eigenvalue weighted by molar-refractivity contribution is -0.127. The second-order valence-corrected chi connectivity index (χ2v) is 4.49. The molecule has 106 valence electrons. The summed E-state index contributed by atoms with van der Waals surface area (Å²) < 4.78 is 7.25. The van der Waals surface area contributed by atoms with Gasteiger partial charge in [0, 0.05) is 18.8 Å². The molecule has 0 saturated carbocycles. The molecule has 5 heteroatoms. The highest BCUT2D eigenvalue weighted by atomic mass is 16.5. The van der Waals surface area contributed by atoms with Crippen molar-refractivity contribution < 1.29 is 9.53 Å². The second-order valence-electron chi connectivity index (χ2n) is 4.49. The SMILES string of the molecule is CCCNC(=O)[C@@H](C)Oc1ccn(-c2ccccc2)n1. The van der Waals surface area contributed by atoms with Gasteiger partial charge in [-0.3, -0.25) is 4.79 Å². The molecule has 1 atom stereocenters. The maximum Gasteiger partial charge on any atom is 0.260 e. The molecule has 20 heavy (non-hydrogen) atoms. The molecule has 0 bridgehead atoms. The van der Waals surface area contributed by atoms with E-state index in [4.69, 9.17) is 4.74 Å². The Balaban J connectivity index is 1.98. The van der Waals surface area contributed by atoms with Crippen molar-refractivity contribution in [2.75, 3.05) is 6.54 Å². The zero-order chi connectivity index (χ0) is 14.4. The van der Waals surface area contributed by atoms with Crippen molar-refractivity contribution in [1.82, 2.24) is 15.1 Å². The number of benzene rings is 1. The Hall–Kier alpha value is -2.30. The third-order valence-electron chi connectivity index (χ3n) is 2.80. The highest BCUT2D eigenvalue weighted by Crippen LogP contribution is 2.12. The number of nitrogens with one attached hydrogen (secondary N) is 1. The summed E-state index contributed by atoms with van der Waals surface area (Å²) in [6.07, 6.45) is 2.16. The van der Waals surface area contributed by atoms with Crippen molar-refractivity contribution >= 4 is 5.91 Å². The number of nitrogens with zero attached hydrogens (tertiary/aromatic N) is 2. The number of para-hydroxylation sites is 1. The van der Waals surface area contributed by atoms with Gasteiger partial charge >= 0.3 is 0 Å². The van der Waals surface area contributed by atoms with Gasteiger partial charge in [-0.2, -0.15) is 0 Å². The van der Waals surface area contributed by atoms with Crippen LogP contribution in [-0.2, 0) is 4.79 Å². The summed E-state index contributed by atoms with van der Waals surface area (Å²) in [7, 11) is 0. The second kappa shape index (κ2) is 6.75. The smallest absolute Gasteiger partial charge is 0.260 e. The predicted octanol–water partition coefficient (Wildman–Crippen LogP) is 2.17. The largest absolute Gasteiger partial charge is 0.463 e. The molecule has 0 saturated heterocycles. The number of carbonyl (C=O) groups is 1. The molecular formula is C15H19N3O2. The molecule has 0 unspecified atom stereocenters. The molecule has 1 aromatic carbocycles. The van der Waals surface area contributed by atoms with Crippen LogP contribution in [0.25, 0.3) is 5.69 Å². The Morgan fingerprint density at radius 2 is 2.10 bits per heavy atom. The van der Waals surface area contributed by atoms with Crippen LogP contribution in [0.3, 0.4) is 0 Å². The first-order chi connectivity index (χ1) is 9.70. The fraction of sp³-hybridized carbons (Fsp3) is 0.333. The van der Waals surface area contributed by atoms with E-state index < -0.39 is 6.10 Å². The minimum Gasteiger partial charge on any atom is -0.463 e. The lowest BCUT2D eigenvalue weighted by Gasteiger charge is -2.12. The average molecular weight is 273 g/mol. The van der Waals surface area contributed by atoms with Gasteiger partial charge in [-0.1, -0.05) is 25.1 Å². The summed E-state index contributed by atoms with van der Waals surface area (Å²) in [5, 5.41) is 7.09. The standard InChI is InChI=1S/C15H19N3O2/c1-3-10-16-15(19)12(2)20-14-9-11-18(17-14)13-7-5-4-6-8-13/h4-9,11-12H,3,10H2,1-2H3,(H,16,19)/t12-/m1/s1. The molecule has 0 aliphatic carbocycles. The third kappa shape index (κ3) is 3.60. The van der Waals surface area contributed by atoms with Crippen molar-refractivity contribution in [1.29, 1.82) is 0 Å². The Bertz CT molecular complexity index is 551. The van der Waals surface area contributed by atoms with E-state index in [1.54, 1.807) is 23.9 Å². The molecule has 2 rings (SSSR count). The first kappa shape index (κ1) is 14.1.